The summed E-state index contributed by atoms with van der Waals surface area (Å²) < 4.78 is 0. The molecule has 0 atom stereocenters. The lowest BCUT2D eigenvalue weighted by molar-refractivity contribution is 0.833. The largest absolute Gasteiger partial charge is 0.402 e. The number of rotatable bonds is 0. The molecule has 8 heavy (non-hydrogen) atoms. The molecule has 1 aliphatic carbocycles. The predicted octanol–water partition coefficient (Wildman–Crippen LogP) is 1.57. The Morgan fingerprint density at radius 2 is 2.38 bits per heavy atom. The molecule has 0 saturated carbocycles. The highest BCUT2D eigenvalue weighted by Crippen LogP contribution is 2.06. The summed E-state index contributed by atoms with van der Waals surface area (Å²) >= 11 is 0. The minimum atomic E-state index is 1.01. The highest BCUT2D eigenvalue weighted by atomic mass is 14.6. The van der Waals surface area contributed by atoms with Gasteiger partial charge in [0.2, 0.25) is 0 Å². The van der Waals surface area contributed by atoms with Crippen molar-refractivity contribution in [3.8, 4) is 0 Å². The van der Waals surface area contributed by atoms with Crippen LogP contribution in [0.2, 0.25) is 0 Å². The molecule has 0 aliphatic heterocycles. The van der Waals surface area contributed by atoms with Crippen molar-refractivity contribution in [2.45, 2.75) is 19.3 Å². The average molecular weight is 109 g/mol. The van der Waals surface area contributed by atoms with E-state index >= 15 is 0 Å². The summed E-state index contributed by atoms with van der Waals surface area (Å²) in [6.07, 6.45) is 9.61. The zero-order chi connectivity index (χ0) is 5.82. The molecule has 0 fully saturated rings. The van der Waals surface area contributed by atoms with Gasteiger partial charge in [0.15, 0.2) is 0 Å². The van der Waals surface area contributed by atoms with Crippen LogP contribution in [0.5, 0.6) is 0 Å². The Kier molecular flexibility index (Phi) is 1.73. The normalized spacial score (nSPS) is 19.8. The van der Waals surface area contributed by atoms with Gasteiger partial charge in [0, 0.05) is 5.70 Å². The van der Waals surface area contributed by atoms with Crippen LogP contribution in [0, 0.1) is 0 Å². The summed E-state index contributed by atoms with van der Waals surface area (Å²) in [6, 6.07) is 0. The van der Waals surface area contributed by atoms with Crippen LogP contribution in [0.1, 0.15) is 19.3 Å². The molecule has 1 aliphatic rings. The van der Waals surface area contributed by atoms with Gasteiger partial charge in [-0.25, -0.2) is 0 Å². The number of allylic oxidation sites excluding steroid dienone is 4. The van der Waals surface area contributed by atoms with E-state index in [4.69, 9.17) is 5.73 Å². The first-order valence-electron chi connectivity index (χ1n) is 3.01. The van der Waals surface area contributed by atoms with Crippen molar-refractivity contribution in [2.24, 2.45) is 5.73 Å². The monoisotopic (exact) mass is 109 g/mol. The first-order valence-corrected chi connectivity index (χ1v) is 3.01. The fourth-order valence-electron chi connectivity index (χ4n) is 0.795. The second-order valence-electron chi connectivity index (χ2n) is 2.06. The van der Waals surface area contributed by atoms with Crippen LogP contribution in [0.3, 0.4) is 0 Å². The van der Waals surface area contributed by atoms with Gasteiger partial charge in [-0.1, -0.05) is 12.2 Å². The number of hydrogen-bond donors (Lipinski definition) is 1. The molecule has 0 aromatic carbocycles. The molecule has 0 aromatic heterocycles. The predicted molar refractivity (Wildman–Crippen MR) is 35.3 cm³/mol. The molecular weight excluding hydrogens is 98.1 g/mol. The Bertz CT molecular complexity index is 122. The lowest BCUT2D eigenvalue weighted by Gasteiger charge is -1.92. The summed E-state index contributed by atoms with van der Waals surface area (Å²) in [6.45, 7) is 0. The van der Waals surface area contributed by atoms with E-state index in [2.05, 4.69) is 6.08 Å². The van der Waals surface area contributed by atoms with Gasteiger partial charge in [-0.3, -0.25) is 0 Å². The van der Waals surface area contributed by atoms with Crippen LogP contribution in [-0.4, -0.2) is 0 Å². The third-order valence-electron chi connectivity index (χ3n) is 1.28. The number of hydrogen-bond acceptors (Lipinski definition) is 1. The third kappa shape index (κ3) is 1.41. The molecule has 0 heterocycles. The molecule has 44 valence electrons. The van der Waals surface area contributed by atoms with Crippen molar-refractivity contribution in [3.63, 3.8) is 0 Å². The van der Waals surface area contributed by atoms with Crippen molar-refractivity contribution in [1.29, 1.82) is 0 Å². The summed E-state index contributed by atoms with van der Waals surface area (Å²) in [7, 11) is 0. The van der Waals surface area contributed by atoms with Crippen LogP contribution in [0.25, 0.3) is 0 Å². The second-order valence-corrected chi connectivity index (χ2v) is 2.06. The molecule has 0 unspecified atom stereocenters. The van der Waals surface area contributed by atoms with Crippen molar-refractivity contribution < 1.29 is 0 Å². The molecule has 1 heteroatoms. The van der Waals surface area contributed by atoms with Gasteiger partial charge in [-0.05, 0) is 25.3 Å². The smallest absolute Gasteiger partial charge is 0.00804 e. The van der Waals surface area contributed by atoms with Crippen LogP contribution in [0.4, 0.5) is 0 Å². The van der Waals surface area contributed by atoms with E-state index in [0.29, 0.717) is 0 Å². The minimum Gasteiger partial charge on any atom is -0.402 e. The lowest BCUT2D eigenvalue weighted by atomic mass is 10.2. The summed E-state index contributed by atoms with van der Waals surface area (Å²) in [5, 5.41) is 0. The molecule has 2 N–H and O–H groups in total. The van der Waals surface area contributed by atoms with Crippen molar-refractivity contribution in [1.82, 2.24) is 0 Å². The van der Waals surface area contributed by atoms with E-state index in [0.717, 1.165) is 12.1 Å². The molecule has 0 amide bonds. The van der Waals surface area contributed by atoms with Crippen LogP contribution < -0.4 is 5.73 Å². The van der Waals surface area contributed by atoms with Crippen LogP contribution in [0.15, 0.2) is 23.9 Å². The van der Waals surface area contributed by atoms with Crippen molar-refractivity contribution in [3.05, 3.63) is 23.9 Å². The Morgan fingerprint density at radius 1 is 1.50 bits per heavy atom. The molecule has 0 aromatic rings. The first kappa shape index (κ1) is 5.42. The van der Waals surface area contributed by atoms with Gasteiger partial charge >= 0.3 is 0 Å². The molecule has 0 bridgehead atoms. The van der Waals surface area contributed by atoms with E-state index in [1.807, 2.05) is 12.2 Å². The molecule has 0 spiro atoms. The standard InChI is InChI=1S/C7H11N/c8-7-5-3-1-2-4-6-7/h1,3,5H,2,4,6,8H2. The number of nitrogens with two attached hydrogens (primary N) is 1. The summed E-state index contributed by atoms with van der Waals surface area (Å²) in [5.41, 5.74) is 6.56. The van der Waals surface area contributed by atoms with E-state index in [1.165, 1.54) is 12.8 Å². The van der Waals surface area contributed by atoms with E-state index < -0.39 is 0 Å². The van der Waals surface area contributed by atoms with Crippen molar-refractivity contribution in [2.75, 3.05) is 0 Å². The highest BCUT2D eigenvalue weighted by Gasteiger charge is 1.90. The molecule has 0 saturated heterocycles. The molecular formula is C7H11N. The quantitative estimate of drug-likeness (QED) is 0.502. The van der Waals surface area contributed by atoms with Crippen molar-refractivity contribution >= 4 is 0 Å². The van der Waals surface area contributed by atoms with Gasteiger partial charge in [-0.15, -0.1) is 0 Å². The van der Waals surface area contributed by atoms with Crippen LogP contribution >= 0.6 is 0 Å². The Morgan fingerprint density at radius 3 is 3.25 bits per heavy atom. The van der Waals surface area contributed by atoms with E-state index in [1.54, 1.807) is 0 Å². The van der Waals surface area contributed by atoms with Gasteiger partial charge in [0.1, 0.15) is 0 Å². The third-order valence-corrected chi connectivity index (χ3v) is 1.28. The topological polar surface area (TPSA) is 26.0 Å². The van der Waals surface area contributed by atoms with Gasteiger partial charge < -0.3 is 5.73 Å². The second kappa shape index (κ2) is 2.55. The zero-order valence-electron chi connectivity index (χ0n) is 4.93. The Hall–Kier alpha value is -0.720. The van der Waals surface area contributed by atoms with E-state index in [-0.39, 0.29) is 0 Å². The fraction of sp³-hybridized carbons (Fsp3) is 0.429. The molecule has 0 radical (unpaired) electrons. The van der Waals surface area contributed by atoms with E-state index in [9.17, 15) is 0 Å². The fourth-order valence-corrected chi connectivity index (χ4v) is 0.795. The highest BCUT2D eigenvalue weighted by molar-refractivity contribution is 5.11. The van der Waals surface area contributed by atoms with Gasteiger partial charge in [-0.2, -0.15) is 0 Å². The maximum absolute atomic E-state index is 5.54. The van der Waals surface area contributed by atoms with Crippen LogP contribution in [-0.2, 0) is 0 Å². The SMILES string of the molecule is NC1=CC=CCCC1. The average Bonchev–Trinajstić information content (AvgIpc) is 1.94. The zero-order valence-corrected chi connectivity index (χ0v) is 4.93. The maximum Gasteiger partial charge on any atom is 0.00804 e. The molecule has 1 rings (SSSR count). The Labute approximate surface area is 49.9 Å². The van der Waals surface area contributed by atoms with Gasteiger partial charge in [0.25, 0.3) is 0 Å². The summed E-state index contributed by atoms with van der Waals surface area (Å²) in [5.74, 6) is 0. The lowest BCUT2D eigenvalue weighted by Crippen LogP contribution is -1.94. The maximum atomic E-state index is 5.54. The molecule has 1 nitrogen and oxygen atoms in total. The minimum absolute atomic E-state index is 1.01. The first-order chi connectivity index (χ1) is 3.89. The summed E-state index contributed by atoms with van der Waals surface area (Å²) in [4.78, 5) is 0. The van der Waals surface area contributed by atoms with Gasteiger partial charge in [0.05, 0.1) is 0 Å². The Balaban J connectivity index is 2.52.